The average Bonchev–Trinajstić information content (AvgIpc) is 3.31. The summed E-state index contributed by atoms with van der Waals surface area (Å²) in [6, 6.07) is 76.8. The molecule has 0 bridgehead atoms. The zero-order valence-electron chi connectivity index (χ0n) is 33.0. The van der Waals surface area contributed by atoms with Crippen molar-refractivity contribution in [2.45, 2.75) is 12.8 Å². The molecule has 10 aromatic carbocycles. The van der Waals surface area contributed by atoms with Gasteiger partial charge in [-0.1, -0.05) is 195 Å². The van der Waals surface area contributed by atoms with Crippen LogP contribution in [0.4, 0.5) is 11.4 Å². The lowest BCUT2D eigenvalue weighted by molar-refractivity contribution is 0.951. The number of rotatable bonds is 10. The molecule has 0 saturated heterocycles. The fourth-order valence-electron chi connectivity index (χ4n) is 8.85. The molecule has 0 spiro atoms. The molecule has 59 heavy (non-hydrogen) atoms. The molecule has 0 aliphatic heterocycles. The highest BCUT2D eigenvalue weighted by atomic mass is 15.1. The van der Waals surface area contributed by atoms with Crippen molar-refractivity contribution in [3.63, 3.8) is 0 Å². The van der Waals surface area contributed by atoms with E-state index in [0.717, 1.165) is 46.6 Å². The Hall–Kier alpha value is -7.48. The first-order valence-electron chi connectivity index (χ1n) is 20.4. The predicted octanol–water partition coefficient (Wildman–Crippen LogP) is 16.4. The van der Waals surface area contributed by atoms with Gasteiger partial charge in [0.2, 0.25) is 0 Å². The van der Waals surface area contributed by atoms with Crippen molar-refractivity contribution >= 4 is 60.0 Å². The minimum absolute atomic E-state index is 0.731. The van der Waals surface area contributed by atoms with Crippen LogP contribution in [-0.2, 0) is 0 Å². The van der Waals surface area contributed by atoms with Crippen molar-refractivity contribution in [2.24, 2.45) is 0 Å². The topological polar surface area (TPSA) is 3.24 Å². The van der Waals surface area contributed by atoms with Crippen molar-refractivity contribution in [1.29, 1.82) is 0 Å². The average molecular weight is 754 g/mol. The minimum atomic E-state index is 0.731. The van der Waals surface area contributed by atoms with Gasteiger partial charge >= 0.3 is 0 Å². The second kappa shape index (κ2) is 15.5. The Balaban J connectivity index is 1.09. The van der Waals surface area contributed by atoms with Crippen LogP contribution in [0.5, 0.6) is 0 Å². The molecule has 0 unspecified atom stereocenters. The summed E-state index contributed by atoms with van der Waals surface area (Å²) in [5.41, 5.74) is 12.6. The maximum absolute atomic E-state index is 4.85. The third-order valence-corrected chi connectivity index (χ3v) is 11.8. The van der Waals surface area contributed by atoms with Crippen LogP contribution in [0.3, 0.4) is 0 Å². The fourth-order valence-corrected chi connectivity index (χ4v) is 8.85. The molecular formula is C58H43N. The summed E-state index contributed by atoms with van der Waals surface area (Å²) in [7, 11) is 0. The Bertz CT molecular complexity index is 3190. The zero-order chi connectivity index (χ0) is 39.7. The quantitative estimate of drug-likeness (QED) is 0.126. The molecule has 0 saturated carbocycles. The Morgan fingerprint density at radius 3 is 1.54 bits per heavy atom. The van der Waals surface area contributed by atoms with E-state index in [-0.39, 0.29) is 0 Å². The number of hydrogen-bond donors (Lipinski definition) is 0. The van der Waals surface area contributed by atoms with E-state index in [1.165, 1.54) is 70.9 Å². The van der Waals surface area contributed by atoms with Crippen LogP contribution >= 0.6 is 0 Å². The summed E-state index contributed by atoms with van der Waals surface area (Å²) in [4.78, 5) is 2.39. The van der Waals surface area contributed by atoms with E-state index >= 15 is 0 Å². The van der Waals surface area contributed by atoms with Gasteiger partial charge in [0, 0.05) is 16.9 Å². The van der Waals surface area contributed by atoms with Gasteiger partial charge in [-0.25, -0.2) is 0 Å². The summed E-state index contributed by atoms with van der Waals surface area (Å²) in [5.74, 6) is 0. The minimum Gasteiger partial charge on any atom is -0.314 e. The Morgan fingerprint density at radius 2 is 0.864 bits per heavy atom. The number of nitrogens with zero attached hydrogens (tertiary/aromatic N) is 1. The molecule has 10 aromatic rings. The van der Waals surface area contributed by atoms with Crippen molar-refractivity contribution < 1.29 is 0 Å². The van der Waals surface area contributed by atoms with E-state index in [1.54, 1.807) is 0 Å². The van der Waals surface area contributed by atoms with Crippen molar-refractivity contribution in [2.75, 3.05) is 4.90 Å². The molecule has 0 aliphatic rings. The van der Waals surface area contributed by atoms with Gasteiger partial charge in [0.15, 0.2) is 0 Å². The highest BCUT2D eigenvalue weighted by Crippen LogP contribution is 2.44. The third kappa shape index (κ3) is 6.77. The van der Waals surface area contributed by atoms with Gasteiger partial charge in [0.25, 0.3) is 0 Å². The molecule has 10 rings (SSSR count). The molecule has 1 heteroatoms. The molecule has 0 aromatic heterocycles. The normalized spacial score (nSPS) is 11.3. The van der Waals surface area contributed by atoms with Crippen LogP contribution in [0.15, 0.2) is 231 Å². The summed E-state index contributed by atoms with van der Waals surface area (Å²) < 4.78 is 0. The van der Waals surface area contributed by atoms with E-state index < -0.39 is 0 Å². The van der Waals surface area contributed by atoms with Gasteiger partial charge in [-0.05, 0) is 125 Å². The number of allylic oxidation sites excluding steroid dienone is 2. The molecule has 0 fully saturated rings. The number of benzene rings is 10. The first-order chi connectivity index (χ1) is 29.1. The first-order valence-corrected chi connectivity index (χ1v) is 20.4. The molecule has 1 nitrogen and oxygen atoms in total. The van der Waals surface area contributed by atoms with Gasteiger partial charge in [0.05, 0.1) is 5.69 Å². The Labute approximate surface area is 346 Å². The van der Waals surface area contributed by atoms with Gasteiger partial charge < -0.3 is 4.90 Å². The van der Waals surface area contributed by atoms with Crippen molar-refractivity contribution in [3.8, 4) is 33.4 Å². The van der Waals surface area contributed by atoms with Crippen LogP contribution in [0.25, 0.3) is 82.0 Å². The van der Waals surface area contributed by atoms with E-state index in [2.05, 4.69) is 224 Å². The van der Waals surface area contributed by atoms with Crippen LogP contribution in [0.1, 0.15) is 18.4 Å². The van der Waals surface area contributed by atoms with Crippen LogP contribution in [0, 0.1) is 0 Å². The van der Waals surface area contributed by atoms with Gasteiger partial charge in [-0.3, -0.25) is 0 Å². The maximum Gasteiger partial charge on any atom is 0.0536 e. The Morgan fingerprint density at radius 1 is 0.356 bits per heavy atom. The highest BCUT2D eigenvalue weighted by molar-refractivity contribution is 6.16. The summed E-state index contributed by atoms with van der Waals surface area (Å²) in [5, 5.41) is 9.97. The van der Waals surface area contributed by atoms with Crippen LogP contribution in [-0.4, -0.2) is 0 Å². The number of fused-ring (bicyclic) bond motifs is 6. The zero-order valence-corrected chi connectivity index (χ0v) is 33.0. The van der Waals surface area contributed by atoms with Crippen molar-refractivity contribution in [3.05, 3.63) is 237 Å². The lowest BCUT2D eigenvalue weighted by Crippen LogP contribution is -2.17. The molecule has 0 heterocycles. The molecule has 280 valence electrons. The summed E-state index contributed by atoms with van der Waals surface area (Å²) in [6.07, 6.45) is 1.51. The largest absolute Gasteiger partial charge is 0.314 e. The number of hydrogen-bond acceptors (Lipinski definition) is 1. The standard InChI is InChI=1S/C58H43N/c1-40(42-33-35-44(36-34-42)43-17-4-3-5-18-43)31-32-41(2)59(48-22-16-21-45(37-48)56-38-46-19-6-8-23-49(46)51-25-10-12-27-53(51)56)58-30-15-14-29-55(58)57-39-47-20-7-9-24-50(47)52-26-11-13-28-54(52)57/h3-30,33-39H,1-2,31-32H2. The van der Waals surface area contributed by atoms with Gasteiger partial charge in [0.1, 0.15) is 0 Å². The van der Waals surface area contributed by atoms with E-state index in [9.17, 15) is 0 Å². The molecule has 0 aliphatic carbocycles. The SMILES string of the molecule is C=C(CCC(=C)N(c1cccc(-c2cc3ccccc3c3ccccc23)c1)c1ccccc1-c1cc2ccccc2c2ccccc12)c1ccc(-c2ccccc2)cc1. The van der Waals surface area contributed by atoms with Crippen molar-refractivity contribution in [1.82, 2.24) is 0 Å². The monoisotopic (exact) mass is 753 g/mol. The first kappa shape index (κ1) is 35.9. The van der Waals surface area contributed by atoms with Gasteiger partial charge in [-0.15, -0.1) is 0 Å². The van der Waals surface area contributed by atoms with E-state index in [1.807, 2.05) is 0 Å². The smallest absolute Gasteiger partial charge is 0.0536 e. The highest BCUT2D eigenvalue weighted by Gasteiger charge is 2.21. The number of para-hydroxylation sites is 1. The molecule has 0 radical (unpaired) electrons. The predicted molar refractivity (Wildman–Crippen MR) is 255 cm³/mol. The van der Waals surface area contributed by atoms with E-state index in [0.29, 0.717) is 0 Å². The van der Waals surface area contributed by atoms with E-state index in [4.69, 9.17) is 6.58 Å². The Kier molecular flexibility index (Phi) is 9.41. The maximum atomic E-state index is 4.85. The molecule has 0 N–H and O–H groups in total. The fraction of sp³-hybridized carbons (Fsp3) is 0.0345. The summed E-state index contributed by atoms with van der Waals surface area (Å²) in [6.45, 7) is 9.43. The number of anilines is 2. The molecule has 0 atom stereocenters. The lowest BCUT2D eigenvalue weighted by atomic mass is 9.91. The third-order valence-electron chi connectivity index (χ3n) is 11.8. The van der Waals surface area contributed by atoms with Crippen LogP contribution < -0.4 is 4.90 Å². The van der Waals surface area contributed by atoms with Gasteiger partial charge in [-0.2, -0.15) is 0 Å². The summed E-state index contributed by atoms with van der Waals surface area (Å²) >= 11 is 0. The van der Waals surface area contributed by atoms with Crippen LogP contribution in [0.2, 0.25) is 0 Å². The second-order valence-electron chi connectivity index (χ2n) is 15.4. The lowest BCUT2D eigenvalue weighted by Gasteiger charge is -2.30. The second-order valence-corrected chi connectivity index (χ2v) is 15.4. The molecular weight excluding hydrogens is 711 g/mol. The molecule has 0 amide bonds.